The van der Waals surface area contributed by atoms with Gasteiger partial charge in [-0.2, -0.15) is 0 Å². The maximum Gasteiger partial charge on any atom is 0.336 e. The molecule has 0 aromatic heterocycles. The average molecular weight is 283 g/mol. The number of benzene rings is 2. The molecule has 0 aliphatic carbocycles. The largest absolute Gasteiger partial charge is 0.478 e. The van der Waals surface area contributed by atoms with Gasteiger partial charge in [-0.25, -0.2) is 9.59 Å². The van der Waals surface area contributed by atoms with Gasteiger partial charge in [-0.1, -0.05) is 18.2 Å². The zero-order valence-electron chi connectivity index (χ0n) is 11.0. The Balaban J connectivity index is 1.96. The second kappa shape index (κ2) is 6.91. The summed E-state index contributed by atoms with van der Waals surface area (Å²) in [7, 11) is 0. The number of esters is 1. The smallest absolute Gasteiger partial charge is 0.336 e. The normalized spacial score (nSPS) is 10.3. The van der Waals surface area contributed by atoms with E-state index in [4.69, 9.17) is 9.84 Å². The highest BCUT2D eigenvalue weighted by Crippen LogP contribution is 2.19. The molecule has 0 heterocycles. The van der Waals surface area contributed by atoms with Gasteiger partial charge in [-0.05, 0) is 36.4 Å². The molecular weight excluding hydrogens is 270 g/mol. The monoisotopic (exact) mass is 283 g/mol. The molecule has 2 N–H and O–H groups in total. The van der Waals surface area contributed by atoms with Crippen LogP contribution in [0.4, 0.5) is 11.4 Å². The summed E-state index contributed by atoms with van der Waals surface area (Å²) in [5, 5.41) is 11.6. The maximum atomic E-state index is 11.3. The Morgan fingerprint density at radius 3 is 2.14 bits per heavy atom. The Kier molecular flexibility index (Phi) is 4.71. The summed E-state index contributed by atoms with van der Waals surface area (Å²) < 4.78 is 4.95. The van der Waals surface area contributed by atoms with Gasteiger partial charge in [-0.3, -0.25) is 0 Å². The number of anilines is 2. The van der Waals surface area contributed by atoms with Crippen LogP contribution in [0, 0.1) is 0 Å². The molecule has 0 aliphatic heterocycles. The molecule has 106 valence electrons. The molecule has 2 aromatic rings. The van der Waals surface area contributed by atoms with Crippen LogP contribution in [0.5, 0.6) is 5.75 Å². The predicted octanol–water partition coefficient (Wildman–Crippen LogP) is 2.98. The van der Waals surface area contributed by atoms with Crippen molar-refractivity contribution in [2.45, 2.75) is 0 Å². The van der Waals surface area contributed by atoms with Gasteiger partial charge in [0.05, 0.1) is 0 Å². The van der Waals surface area contributed by atoms with Crippen LogP contribution in [0.2, 0.25) is 0 Å². The van der Waals surface area contributed by atoms with Crippen LogP contribution in [-0.2, 0) is 9.59 Å². The molecule has 0 saturated carbocycles. The van der Waals surface area contributed by atoms with E-state index in [-0.39, 0.29) is 0 Å². The van der Waals surface area contributed by atoms with Crippen molar-refractivity contribution in [3.05, 3.63) is 66.7 Å². The van der Waals surface area contributed by atoms with Crippen LogP contribution in [0.15, 0.2) is 66.7 Å². The molecule has 0 amide bonds. The Bertz CT molecular complexity index is 648. The summed E-state index contributed by atoms with van der Waals surface area (Å²) in [5.41, 5.74) is 1.80. The van der Waals surface area contributed by atoms with Gasteiger partial charge in [0.1, 0.15) is 5.75 Å². The second-order valence-corrected chi connectivity index (χ2v) is 4.11. The van der Waals surface area contributed by atoms with Gasteiger partial charge in [0.25, 0.3) is 0 Å². The highest BCUT2D eigenvalue weighted by atomic mass is 16.5. The van der Waals surface area contributed by atoms with Gasteiger partial charge in [0.15, 0.2) is 0 Å². The zero-order valence-corrected chi connectivity index (χ0v) is 11.0. The number of rotatable bonds is 5. The number of nitrogens with one attached hydrogen (secondary N) is 1. The van der Waals surface area contributed by atoms with Crippen molar-refractivity contribution >= 4 is 23.3 Å². The number of hydrogen-bond acceptors (Lipinski definition) is 4. The summed E-state index contributed by atoms with van der Waals surface area (Å²) in [5.74, 6) is -1.59. The first kappa shape index (κ1) is 14.3. The first-order chi connectivity index (χ1) is 10.1. The van der Waals surface area contributed by atoms with E-state index < -0.39 is 11.9 Å². The van der Waals surface area contributed by atoms with Gasteiger partial charge in [0.2, 0.25) is 0 Å². The van der Waals surface area contributed by atoms with Gasteiger partial charge in [0, 0.05) is 23.5 Å². The summed E-state index contributed by atoms with van der Waals surface area (Å²) in [6.45, 7) is 0. The summed E-state index contributed by atoms with van der Waals surface area (Å²) in [4.78, 5) is 21.6. The lowest BCUT2D eigenvalue weighted by Gasteiger charge is -2.07. The average Bonchev–Trinajstić information content (AvgIpc) is 2.48. The van der Waals surface area contributed by atoms with Crippen molar-refractivity contribution in [2.24, 2.45) is 0 Å². The van der Waals surface area contributed by atoms with Crippen LogP contribution in [-0.4, -0.2) is 17.0 Å². The minimum absolute atomic E-state index is 0.341. The summed E-state index contributed by atoms with van der Waals surface area (Å²) >= 11 is 0. The van der Waals surface area contributed by atoms with E-state index in [0.29, 0.717) is 5.75 Å². The number of carbonyl (C=O) groups excluding carboxylic acids is 1. The highest BCUT2D eigenvalue weighted by Gasteiger charge is 2.02. The van der Waals surface area contributed by atoms with E-state index >= 15 is 0 Å². The molecule has 5 nitrogen and oxygen atoms in total. The van der Waals surface area contributed by atoms with Crippen molar-refractivity contribution in [1.29, 1.82) is 0 Å². The number of carboxylic acids is 1. The zero-order chi connectivity index (χ0) is 15.1. The van der Waals surface area contributed by atoms with Gasteiger partial charge >= 0.3 is 11.9 Å². The minimum Gasteiger partial charge on any atom is -0.478 e. The molecule has 0 unspecified atom stereocenters. The van der Waals surface area contributed by atoms with Crippen molar-refractivity contribution in [3.8, 4) is 5.75 Å². The number of para-hydroxylation sites is 1. The summed E-state index contributed by atoms with van der Waals surface area (Å²) in [6.07, 6.45) is 1.59. The first-order valence-corrected chi connectivity index (χ1v) is 6.18. The minimum atomic E-state index is -1.20. The molecule has 2 rings (SSSR count). The summed E-state index contributed by atoms with van der Waals surface area (Å²) in [6, 6.07) is 16.4. The molecule has 0 aliphatic rings. The fraction of sp³-hybridized carbons (Fsp3) is 0. The van der Waals surface area contributed by atoms with Crippen LogP contribution >= 0.6 is 0 Å². The molecule has 5 heteroatoms. The lowest BCUT2D eigenvalue weighted by molar-refractivity contribution is -0.133. The molecule has 0 spiro atoms. The van der Waals surface area contributed by atoms with E-state index in [2.05, 4.69) is 5.32 Å². The van der Waals surface area contributed by atoms with E-state index in [1.165, 1.54) is 0 Å². The van der Waals surface area contributed by atoms with Gasteiger partial charge < -0.3 is 15.2 Å². The van der Waals surface area contributed by atoms with E-state index in [1.807, 2.05) is 30.3 Å². The molecule has 2 aromatic carbocycles. The van der Waals surface area contributed by atoms with Crippen LogP contribution in [0.1, 0.15) is 0 Å². The van der Waals surface area contributed by atoms with Crippen LogP contribution in [0.3, 0.4) is 0 Å². The molecule has 0 radical (unpaired) electrons. The number of hydrogen-bond donors (Lipinski definition) is 2. The lowest BCUT2D eigenvalue weighted by atomic mass is 10.2. The maximum absolute atomic E-state index is 11.3. The first-order valence-electron chi connectivity index (χ1n) is 6.18. The fourth-order valence-electron chi connectivity index (χ4n) is 1.58. The molecule has 21 heavy (non-hydrogen) atoms. The van der Waals surface area contributed by atoms with Crippen molar-refractivity contribution in [1.82, 2.24) is 0 Å². The van der Waals surface area contributed by atoms with Gasteiger partial charge in [-0.15, -0.1) is 0 Å². The molecule has 0 fully saturated rings. The van der Waals surface area contributed by atoms with Crippen LogP contribution in [0.25, 0.3) is 0 Å². The van der Waals surface area contributed by atoms with Crippen LogP contribution < -0.4 is 10.1 Å². The highest BCUT2D eigenvalue weighted by molar-refractivity contribution is 5.91. The number of carbonyl (C=O) groups is 2. The molecule has 0 saturated heterocycles. The van der Waals surface area contributed by atoms with Crippen molar-refractivity contribution < 1.29 is 19.4 Å². The standard InChI is InChI=1S/C16H13NO4/c18-15(19)10-11-16(20)21-14-8-6-13(7-9-14)17-12-4-2-1-3-5-12/h1-11,17H,(H,18,19). The third-order valence-corrected chi connectivity index (χ3v) is 2.50. The van der Waals surface area contributed by atoms with E-state index in [9.17, 15) is 9.59 Å². The Morgan fingerprint density at radius 1 is 0.905 bits per heavy atom. The number of carboxylic acid groups (broad SMARTS) is 1. The third-order valence-electron chi connectivity index (χ3n) is 2.50. The van der Waals surface area contributed by atoms with E-state index in [1.54, 1.807) is 24.3 Å². The number of ether oxygens (including phenoxy) is 1. The fourth-order valence-corrected chi connectivity index (χ4v) is 1.58. The SMILES string of the molecule is O=C(O)C=CC(=O)Oc1ccc(Nc2ccccc2)cc1. The predicted molar refractivity (Wildman–Crippen MR) is 78.6 cm³/mol. The topological polar surface area (TPSA) is 75.6 Å². The quantitative estimate of drug-likeness (QED) is 0.501. The second-order valence-electron chi connectivity index (χ2n) is 4.11. The molecule has 0 atom stereocenters. The third kappa shape index (κ3) is 4.83. The number of aliphatic carboxylic acids is 1. The molecular formula is C16H13NO4. The van der Waals surface area contributed by atoms with Crippen molar-refractivity contribution in [3.63, 3.8) is 0 Å². The van der Waals surface area contributed by atoms with E-state index in [0.717, 1.165) is 23.5 Å². The Labute approximate surface area is 121 Å². The van der Waals surface area contributed by atoms with Crippen molar-refractivity contribution in [2.75, 3.05) is 5.32 Å². The lowest BCUT2D eigenvalue weighted by Crippen LogP contribution is -2.04. The molecule has 0 bridgehead atoms. The Hall–Kier alpha value is -3.08. The Morgan fingerprint density at radius 2 is 1.52 bits per heavy atom.